The molecule has 0 aromatic carbocycles. The summed E-state index contributed by atoms with van der Waals surface area (Å²) in [6, 6.07) is 0. The highest BCUT2D eigenvalue weighted by Gasteiger charge is 2.22. The second kappa shape index (κ2) is 5.79. The Morgan fingerprint density at radius 1 is 1.42 bits per heavy atom. The van der Waals surface area contributed by atoms with E-state index in [0.717, 1.165) is 0 Å². The summed E-state index contributed by atoms with van der Waals surface area (Å²) in [4.78, 5) is 42.9. The van der Waals surface area contributed by atoms with Crippen molar-refractivity contribution in [1.29, 1.82) is 0 Å². The van der Waals surface area contributed by atoms with E-state index in [9.17, 15) is 9.59 Å². The summed E-state index contributed by atoms with van der Waals surface area (Å²) >= 11 is 0. The maximum atomic E-state index is 11.7. The molecule has 1 aromatic heterocycles. The third kappa shape index (κ3) is 3.39. The Kier molecular flexibility index (Phi) is 4.31. The van der Waals surface area contributed by atoms with Crippen LogP contribution in [-0.4, -0.2) is 31.6 Å². The number of rotatable bonds is 4. The van der Waals surface area contributed by atoms with Gasteiger partial charge in [-0.1, -0.05) is 6.08 Å². The highest BCUT2D eigenvalue weighted by atomic mass is 31.2. The molecule has 7 nitrogen and oxygen atoms in total. The maximum Gasteiger partial charge on any atom is 0.330 e. The van der Waals surface area contributed by atoms with Gasteiger partial charge in [0.1, 0.15) is 0 Å². The minimum atomic E-state index is -1.93. The number of ether oxygens (including phenoxy) is 1. The zero-order valence-electron chi connectivity index (χ0n) is 10.3. The number of nitrogens with one attached hydrogen (secondary N) is 1. The molecule has 2 atom stereocenters. The van der Waals surface area contributed by atoms with Gasteiger partial charge in [-0.25, -0.2) is 4.79 Å². The fourth-order valence-electron chi connectivity index (χ4n) is 1.83. The van der Waals surface area contributed by atoms with Gasteiger partial charge >= 0.3 is 5.69 Å². The molecule has 1 aliphatic heterocycles. The summed E-state index contributed by atoms with van der Waals surface area (Å²) in [6.07, 6.45) is 4.84. The zero-order chi connectivity index (χ0) is 14.0. The highest BCUT2D eigenvalue weighted by molar-refractivity contribution is 7.45. The Hall–Kier alpha value is -1.27. The molecule has 0 aliphatic carbocycles. The largest absolute Gasteiger partial charge is 0.350 e. The lowest BCUT2D eigenvalue weighted by Crippen LogP contribution is -2.33. The standard InChI is InChI=1S/C11H15N2O5P/c1-7-6-13(11(15)12-10(7)14)9-3-2-8(18-9)4-5-19(16)17/h2-3,6,8-9,16-17H,4-5H2,1H3,(H,12,14,15)/t8-,9+/m0/s1. The lowest BCUT2D eigenvalue weighted by molar-refractivity contribution is 0.0141. The SMILES string of the molecule is Cc1cn([C@H]2C=C[C@@H](CCP(O)O)O2)c(=O)[nH]c1=O. The van der Waals surface area contributed by atoms with Gasteiger partial charge in [0.15, 0.2) is 14.6 Å². The minimum Gasteiger partial charge on any atom is -0.350 e. The summed E-state index contributed by atoms with van der Waals surface area (Å²) in [5.41, 5.74) is -0.516. The Bertz CT molecular complexity index is 591. The van der Waals surface area contributed by atoms with E-state index in [1.165, 1.54) is 10.8 Å². The van der Waals surface area contributed by atoms with Gasteiger partial charge in [0, 0.05) is 17.9 Å². The quantitative estimate of drug-likeness (QED) is 0.533. The van der Waals surface area contributed by atoms with E-state index in [4.69, 9.17) is 14.5 Å². The van der Waals surface area contributed by atoms with Crippen molar-refractivity contribution in [3.05, 3.63) is 44.8 Å². The van der Waals surface area contributed by atoms with Gasteiger partial charge in [0.25, 0.3) is 5.56 Å². The van der Waals surface area contributed by atoms with Crippen LogP contribution in [0.3, 0.4) is 0 Å². The first kappa shape index (κ1) is 14.1. The van der Waals surface area contributed by atoms with E-state index in [0.29, 0.717) is 12.0 Å². The average Bonchev–Trinajstić information content (AvgIpc) is 2.80. The summed E-state index contributed by atoms with van der Waals surface area (Å²) in [6.45, 7) is 1.61. The molecular formula is C11H15N2O5P. The van der Waals surface area contributed by atoms with Crippen molar-refractivity contribution < 1.29 is 14.5 Å². The molecule has 3 N–H and O–H groups in total. The van der Waals surface area contributed by atoms with E-state index in [1.54, 1.807) is 19.1 Å². The van der Waals surface area contributed by atoms with Crippen LogP contribution in [0.2, 0.25) is 0 Å². The molecule has 2 rings (SSSR count). The molecule has 0 saturated heterocycles. The van der Waals surface area contributed by atoms with Gasteiger partial charge in [-0.2, -0.15) is 0 Å². The molecule has 2 heterocycles. The fourth-order valence-corrected chi connectivity index (χ4v) is 2.31. The van der Waals surface area contributed by atoms with Crippen LogP contribution in [0.15, 0.2) is 27.9 Å². The van der Waals surface area contributed by atoms with Crippen molar-refractivity contribution in [3.8, 4) is 0 Å². The lowest BCUT2D eigenvalue weighted by Gasteiger charge is -2.16. The molecule has 0 spiro atoms. The molecule has 0 bridgehead atoms. The summed E-state index contributed by atoms with van der Waals surface area (Å²) in [7, 11) is -1.93. The van der Waals surface area contributed by atoms with E-state index < -0.39 is 25.9 Å². The highest BCUT2D eigenvalue weighted by Crippen LogP contribution is 2.28. The van der Waals surface area contributed by atoms with E-state index >= 15 is 0 Å². The van der Waals surface area contributed by atoms with Crippen molar-refractivity contribution in [1.82, 2.24) is 9.55 Å². The van der Waals surface area contributed by atoms with Crippen molar-refractivity contribution in [2.24, 2.45) is 0 Å². The molecule has 0 radical (unpaired) electrons. The number of aromatic amines is 1. The third-order valence-corrected chi connectivity index (χ3v) is 3.50. The first-order valence-electron chi connectivity index (χ1n) is 5.78. The minimum absolute atomic E-state index is 0.256. The molecule has 0 fully saturated rings. The number of hydrogen-bond donors (Lipinski definition) is 3. The number of H-pyrrole nitrogens is 1. The summed E-state index contributed by atoms with van der Waals surface area (Å²) < 4.78 is 6.89. The van der Waals surface area contributed by atoms with Gasteiger partial charge in [-0.3, -0.25) is 14.3 Å². The van der Waals surface area contributed by atoms with Crippen LogP contribution in [0.1, 0.15) is 18.2 Å². The second-order valence-corrected chi connectivity index (χ2v) is 5.51. The van der Waals surface area contributed by atoms with Crippen molar-refractivity contribution >= 4 is 8.38 Å². The Balaban J connectivity index is 2.10. The maximum absolute atomic E-state index is 11.7. The molecule has 0 saturated carbocycles. The molecule has 1 aromatic rings. The first-order chi connectivity index (χ1) is 8.97. The fraction of sp³-hybridized carbons (Fsp3) is 0.455. The van der Waals surface area contributed by atoms with Gasteiger partial charge < -0.3 is 14.5 Å². The summed E-state index contributed by atoms with van der Waals surface area (Å²) in [5.74, 6) is 0. The Labute approximate surface area is 110 Å². The number of nitrogens with zero attached hydrogens (tertiary/aromatic N) is 1. The smallest absolute Gasteiger partial charge is 0.330 e. The third-order valence-electron chi connectivity index (χ3n) is 2.84. The van der Waals surface area contributed by atoms with Gasteiger partial charge in [0.2, 0.25) is 0 Å². The molecule has 0 unspecified atom stereocenters. The van der Waals surface area contributed by atoms with E-state index in [2.05, 4.69) is 4.98 Å². The Morgan fingerprint density at radius 2 is 2.16 bits per heavy atom. The van der Waals surface area contributed by atoms with Crippen LogP contribution in [0.25, 0.3) is 0 Å². The predicted octanol–water partition coefficient (Wildman–Crippen LogP) is -0.0148. The number of aryl methyl sites for hydroxylation is 1. The van der Waals surface area contributed by atoms with E-state index in [1.807, 2.05) is 0 Å². The molecule has 19 heavy (non-hydrogen) atoms. The average molecular weight is 286 g/mol. The van der Waals surface area contributed by atoms with Crippen LogP contribution >= 0.6 is 8.38 Å². The van der Waals surface area contributed by atoms with Crippen molar-refractivity contribution in [3.63, 3.8) is 0 Å². The lowest BCUT2D eigenvalue weighted by atomic mass is 10.3. The molecular weight excluding hydrogens is 271 g/mol. The van der Waals surface area contributed by atoms with Crippen LogP contribution in [0.4, 0.5) is 0 Å². The van der Waals surface area contributed by atoms with Crippen molar-refractivity contribution in [2.75, 3.05) is 6.16 Å². The molecule has 104 valence electrons. The topological polar surface area (TPSA) is 105 Å². The van der Waals surface area contributed by atoms with Crippen LogP contribution in [0, 0.1) is 6.92 Å². The van der Waals surface area contributed by atoms with Crippen molar-refractivity contribution in [2.45, 2.75) is 25.7 Å². The van der Waals surface area contributed by atoms with Gasteiger partial charge in [-0.05, 0) is 19.4 Å². The zero-order valence-corrected chi connectivity index (χ0v) is 11.2. The summed E-state index contributed by atoms with van der Waals surface area (Å²) in [5, 5.41) is 0. The molecule has 0 amide bonds. The van der Waals surface area contributed by atoms with Gasteiger partial charge in [-0.15, -0.1) is 0 Å². The predicted molar refractivity (Wildman–Crippen MR) is 70.0 cm³/mol. The monoisotopic (exact) mass is 286 g/mol. The van der Waals surface area contributed by atoms with Crippen LogP contribution < -0.4 is 11.2 Å². The normalized spacial score (nSPS) is 22.3. The van der Waals surface area contributed by atoms with Gasteiger partial charge in [0.05, 0.1) is 6.10 Å². The number of hydrogen-bond acceptors (Lipinski definition) is 5. The number of aromatic nitrogens is 2. The van der Waals surface area contributed by atoms with E-state index in [-0.39, 0.29) is 12.3 Å². The second-order valence-electron chi connectivity index (χ2n) is 4.31. The Morgan fingerprint density at radius 3 is 2.84 bits per heavy atom. The first-order valence-corrected chi connectivity index (χ1v) is 7.22. The van der Waals surface area contributed by atoms with Crippen LogP contribution in [-0.2, 0) is 4.74 Å². The van der Waals surface area contributed by atoms with Crippen LogP contribution in [0.5, 0.6) is 0 Å². The molecule has 1 aliphatic rings. The molecule has 8 heteroatoms.